The summed E-state index contributed by atoms with van der Waals surface area (Å²) in [5.74, 6) is -0.0355. The minimum absolute atomic E-state index is 0.000568. The lowest BCUT2D eigenvalue weighted by molar-refractivity contribution is -0.384. The number of aromatic nitrogens is 4. The third-order valence-electron chi connectivity index (χ3n) is 4.16. The summed E-state index contributed by atoms with van der Waals surface area (Å²) in [6.07, 6.45) is 4.47. The number of non-ortho nitro benzene ring substituents is 1. The number of nitro benzene ring substituents is 1. The average molecular weight is 362 g/mol. The quantitative estimate of drug-likeness (QED) is 0.477. The molecule has 0 unspecified atom stereocenters. The maximum absolute atomic E-state index is 12.2. The highest BCUT2D eigenvalue weighted by Gasteiger charge is 2.22. The van der Waals surface area contributed by atoms with Gasteiger partial charge in [-0.15, -0.1) is 5.10 Å². The minimum Gasteiger partial charge on any atom is -0.325 e. The Hall–Kier alpha value is -2.49. The van der Waals surface area contributed by atoms with E-state index in [1.165, 1.54) is 36.7 Å². The molecule has 1 amide bonds. The van der Waals surface area contributed by atoms with Gasteiger partial charge in [0.15, 0.2) is 0 Å². The fourth-order valence-electron chi connectivity index (χ4n) is 2.88. The van der Waals surface area contributed by atoms with Crippen molar-refractivity contribution in [1.29, 1.82) is 0 Å². The number of aryl methyl sites for hydroxylation is 1. The Morgan fingerprint density at radius 3 is 2.88 bits per heavy atom. The lowest BCUT2D eigenvalue weighted by Gasteiger charge is -2.11. The molecule has 132 valence electrons. The molecule has 1 fully saturated rings. The van der Waals surface area contributed by atoms with Crippen molar-refractivity contribution >= 4 is 29.0 Å². The van der Waals surface area contributed by atoms with Crippen LogP contribution in [0.4, 0.5) is 11.4 Å². The van der Waals surface area contributed by atoms with Crippen LogP contribution < -0.4 is 5.32 Å². The van der Waals surface area contributed by atoms with E-state index in [-0.39, 0.29) is 17.3 Å². The summed E-state index contributed by atoms with van der Waals surface area (Å²) >= 11 is 1.29. The number of nitrogens with zero attached hydrogens (tertiary/aromatic N) is 5. The van der Waals surface area contributed by atoms with Crippen LogP contribution in [0.1, 0.15) is 37.3 Å². The summed E-state index contributed by atoms with van der Waals surface area (Å²) in [4.78, 5) is 22.5. The van der Waals surface area contributed by atoms with Crippen molar-refractivity contribution in [3.63, 3.8) is 0 Å². The zero-order chi connectivity index (χ0) is 17.8. The number of rotatable bonds is 6. The first kappa shape index (κ1) is 17.3. The molecule has 0 saturated heterocycles. The molecule has 0 spiro atoms. The monoisotopic (exact) mass is 362 g/mol. The second-order valence-electron chi connectivity index (χ2n) is 5.94. The molecule has 25 heavy (non-hydrogen) atoms. The molecule has 1 heterocycles. The highest BCUT2D eigenvalue weighted by Crippen LogP contribution is 2.31. The molecule has 10 heteroatoms. The van der Waals surface area contributed by atoms with Crippen molar-refractivity contribution in [2.45, 2.75) is 43.8 Å². The van der Waals surface area contributed by atoms with Gasteiger partial charge in [0.2, 0.25) is 11.1 Å². The summed E-state index contributed by atoms with van der Waals surface area (Å²) in [6.45, 7) is 1.72. The maximum atomic E-state index is 12.2. The Bertz CT molecular complexity index is 787. The average Bonchev–Trinajstić information content (AvgIpc) is 3.25. The molecule has 2 aromatic rings. The van der Waals surface area contributed by atoms with Gasteiger partial charge in [0.1, 0.15) is 0 Å². The molecule has 0 radical (unpaired) electrons. The smallest absolute Gasteiger partial charge is 0.269 e. The Morgan fingerprint density at radius 2 is 2.20 bits per heavy atom. The molecule has 1 N–H and O–H groups in total. The lowest BCUT2D eigenvalue weighted by atomic mass is 10.2. The van der Waals surface area contributed by atoms with E-state index in [1.807, 2.05) is 4.68 Å². The van der Waals surface area contributed by atoms with Gasteiger partial charge in [0.25, 0.3) is 5.69 Å². The number of benzene rings is 1. The van der Waals surface area contributed by atoms with Crippen LogP contribution in [0.25, 0.3) is 0 Å². The van der Waals surface area contributed by atoms with Crippen molar-refractivity contribution < 1.29 is 9.72 Å². The fourth-order valence-corrected chi connectivity index (χ4v) is 3.62. The zero-order valence-electron chi connectivity index (χ0n) is 13.7. The third kappa shape index (κ3) is 4.13. The van der Waals surface area contributed by atoms with Gasteiger partial charge in [-0.25, -0.2) is 4.68 Å². The van der Waals surface area contributed by atoms with Crippen molar-refractivity contribution in [3.05, 3.63) is 33.9 Å². The van der Waals surface area contributed by atoms with Crippen LogP contribution in [0.15, 0.2) is 23.4 Å². The molecule has 1 aromatic heterocycles. The summed E-state index contributed by atoms with van der Waals surface area (Å²) < 4.78 is 1.81. The predicted octanol–water partition coefficient (Wildman–Crippen LogP) is 2.74. The Labute approximate surface area is 148 Å². The maximum Gasteiger partial charge on any atom is 0.269 e. The standard InChI is InChI=1S/C15H18N6O3S/c1-10-8-12(21(23)24)6-7-13(10)16-14(22)9-25-15-17-18-19-20(15)11-4-2-3-5-11/h6-8,11H,2-5,9H2,1H3,(H,16,22). The first-order valence-corrected chi connectivity index (χ1v) is 8.98. The zero-order valence-corrected chi connectivity index (χ0v) is 14.5. The van der Waals surface area contributed by atoms with Crippen molar-refractivity contribution in [1.82, 2.24) is 20.2 Å². The number of carbonyl (C=O) groups excluding carboxylic acids is 1. The largest absolute Gasteiger partial charge is 0.325 e. The minimum atomic E-state index is -0.461. The van der Waals surface area contributed by atoms with Gasteiger partial charge in [0, 0.05) is 17.8 Å². The fraction of sp³-hybridized carbons (Fsp3) is 0.467. The molecule has 3 rings (SSSR count). The van der Waals surface area contributed by atoms with Gasteiger partial charge in [0.05, 0.1) is 16.7 Å². The van der Waals surface area contributed by atoms with Crippen molar-refractivity contribution in [2.24, 2.45) is 0 Å². The summed E-state index contributed by atoms with van der Waals surface area (Å²) in [7, 11) is 0. The van der Waals surface area contributed by atoms with E-state index in [0.29, 0.717) is 22.4 Å². The predicted molar refractivity (Wildman–Crippen MR) is 92.5 cm³/mol. The first-order valence-electron chi connectivity index (χ1n) is 8.00. The molecule has 1 saturated carbocycles. The lowest BCUT2D eigenvalue weighted by Crippen LogP contribution is -2.16. The molecular weight excluding hydrogens is 344 g/mol. The van der Waals surface area contributed by atoms with Crippen LogP contribution in [0.2, 0.25) is 0 Å². The third-order valence-corrected chi connectivity index (χ3v) is 5.09. The molecule has 9 nitrogen and oxygen atoms in total. The summed E-state index contributed by atoms with van der Waals surface area (Å²) in [5, 5.41) is 25.9. The Balaban J connectivity index is 1.59. The second-order valence-corrected chi connectivity index (χ2v) is 6.88. The number of hydrogen-bond acceptors (Lipinski definition) is 7. The summed E-state index contributed by atoms with van der Waals surface area (Å²) in [6, 6.07) is 4.66. The number of nitrogens with one attached hydrogen (secondary N) is 1. The number of nitro groups is 1. The van der Waals surface area contributed by atoms with Crippen LogP contribution in [-0.4, -0.2) is 36.8 Å². The van der Waals surface area contributed by atoms with Crippen LogP contribution in [-0.2, 0) is 4.79 Å². The molecule has 1 aromatic carbocycles. The number of hydrogen-bond donors (Lipinski definition) is 1. The topological polar surface area (TPSA) is 116 Å². The first-order chi connectivity index (χ1) is 12.0. The van der Waals surface area contributed by atoms with Crippen LogP contribution in [0, 0.1) is 17.0 Å². The van der Waals surface area contributed by atoms with E-state index >= 15 is 0 Å². The second kappa shape index (κ2) is 7.60. The van der Waals surface area contributed by atoms with Crippen molar-refractivity contribution in [2.75, 3.05) is 11.1 Å². The number of thioether (sulfide) groups is 1. The van der Waals surface area contributed by atoms with Gasteiger partial charge in [-0.1, -0.05) is 24.6 Å². The molecule has 0 atom stereocenters. The SMILES string of the molecule is Cc1cc([N+](=O)[O-])ccc1NC(=O)CSc1nnnn1C1CCCC1. The van der Waals surface area contributed by atoms with Crippen LogP contribution in [0.5, 0.6) is 0 Å². The van der Waals surface area contributed by atoms with Gasteiger partial charge < -0.3 is 5.32 Å². The van der Waals surface area contributed by atoms with Crippen LogP contribution in [0.3, 0.4) is 0 Å². The van der Waals surface area contributed by atoms with E-state index in [0.717, 1.165) is 12.8 Å². The molecule has 1 aliphatic rings. The molecule has 0 aliphatic heterocycles. The van der Waals surface area contributed by atoms with Gasteiger partial charge in [-0.2, -0.15) is 0 Å². The number of amides is 1. The van der Waals surface area contributed by atoms with E-state index in [2.05, 4.69) is 20.8 Å². The van der Waals surface area contributed by atoms with E-state index in [4.69, 9.17) is 0 Å². The number of anilines is 1. The number of carbonyl (C=O) groups is 1. The summed E-state index contributed by atoms with van der Waals surface area (Å²) in [5.41, 5.74) is 1.20. The van der Waals surface area contributed by atoms with Crippen molar-refractivity contribution in [3.8, 4) is 0 Å². The van der Waals surface area contributed by atoms with Gasteiger partial charge in [-0.05, 0) is 41.8 Å². The number of tetrazole rings is 1. The van der Waals surface area contributed by atoms with E-state index in [9.17, 15) is 14.9 Å². The molecule has 0 bridgehead atoms. The van der Waals surface area contributed by atoms with E-state index < -0.39 is 4.92 Å². The Kier molecular flexibility index (Phi) is 5.27. The van der Waals surface area contributed by atoms with E-state index in [1.54, 1.807) is 13.0 Å². The molecular formula is C15H18N6O3S. The van der Waals surface area contributed by atoms with Gasteiger partial charge >= 0.3 is 0 Å². The normalized spacial score (nSPS) is 14.6. The highest BCUT2D eigenvalue weighted by atomic mass is 32.2. The van der Waals surface area contributed by atoms with Gasteiger partial charge in [-0.3, -0.25) is 14.9 Å². The molecule has 1 aliphatic carbocycles. The Morgan fingerprint density at radius 1 is 1.44 bits per heavy atom. The van der Waals surface area contributed by atoms with Crippen LogP contribution >= 0.6 is 11.8 Å². The highest BCUT2D eigenvalue weighted by molar-refractivity contribution is 7.99.